The highest BCUT2D eigenvalue weighted by atomic mass is 16.5. The summed E-state index contributed by atoms with van der Waals surface area (Å²) in [6.07, 6.45) is 1.26. The molecule has 0 aromatic heterocycles. The molecule has 2 aliphatic heterocycles. The number of rotatable bonds is 2. The Bertz CT molecular complexity index is 172. The van der Waals surface area contributed by atoms with E-state index in [1.54, 1.807) is 0 Å². The zero-order valence-corrected chi connectivity index (χ0v) is 9.20. The number of hydrazine groups is 1. The van der Waals surface area contributed by atoms with Gasteiger partial charge in [-0.05, 0) is 20.4 Å². The Morgan fingerprint density at radius 1 is 1.29 bits per heavy atom. The molecule has 82 valence electrons. The van der Waals surface area contributed by atoms with Crippen LogP contribution in [0.3, 0.4) is 0 Å². The largest absolute Gasteiger partial charge is 0.379 e. The standard InChI is InChI=1S/C10H21N3O/c1-9-7-10(8-12(9)2)11-13-3-5-14-6-4-13/h9-11H,3-8H2,1-2H3. The van der Waals surface area contributed by atoms with Crippen LogP contribution in [0.25, 0.3) is 0 Å². The number of morpholine rings is 1. The van der Waals surface area contributed by atoms with Crippen LogP contribution in [0.4, 0.5) is 0 Å². The Morgan fingerprint density at radius 3 is 2.57 bits per heavy atom. The summed E-state index contributed by atoms with van der Waals surface area (Å²) in [6, 6.07) is 1.35. The van der Waals surface area contributed by atoms with Gasteiger partial charge in [-0.15, -0.1) is 0 Å². The van der Waals surface area contributed by atoms with Crippen LogP contribution in [0.5, 0.6) is 0 Å². The molecule has 4 heteroatoms. The third kappa shape index (κ3) is 2.45. The smallest absolute Gasteiger partial charge is 0.0608 e. The van der Waals surface area contributed by atoms with E-state index in [2.05, 4.69) is 29.3 Å². The Morgan fingerprint density at radius 2 is 2.00 bits per heavy atom. The lowest BCUT2D eigenvalue weighted by molar-refractivity contribution is 0.00452. The van der Waals surface area contributed by atoms with Crippen LogP contribution in [0.2, 0.25) is 0 Å². The number of nitrogens with zero attached hydrogens (tertiary/aromatic N) is 2. The third-order valence-corrected chi connectivity index (χ3v) is 3.26. The summed E-state index contributed by atoms with van der Waals surface area (Å²) in [4.78, 5) is 2.41. The Hall–Kier alpha value is -0.160. The van der Waals surface area contributed by atoms with Gasteiger partial charge in [-0.25, -0.2) is 5.01 Å². The van der Waals surface area contributed by atoms with Gasteiger partial charge in [0, 0.05) is 31.7 Å². The molecule has 0 aromatic carbocycles. The first kappa shape index (κ1) is 10.4. The lowest BCUT2D eigenvalue weighted by Crippen LogP contribution is -2.50. The van der Waals surface area contributed by atoms with Crippen molar-refractivity contribution in [3.63, 3.8) is 0 Å². The molecule has 0 amide bonds. The summed E-state index contributed by atoms with van der Waals surface area (Å²) >= 11 is 0. The quantitative estimate of drug-likeness (QED) is 0.673. The highest BCUT2D eigenvalue weighted by Crippen LogP contribution is 2.15. The average Bonchev–Trinajstić information content (AvgIpc) is 2.47. The number of ether oxygens (including phenoxy) is 1. The van der Waals surface area contributed by atoms with Gasteiger partial charge in [-0.1, -0.05) is 0 Å². The molecular weight excluding hydrogens is 178 g/mol. The van der Waals surface area contributed by atoms with Crippen LogP contribution in [0.15, 0.2) is 0 Å². The van der Waals surface area contributed by atoms with Crippen molar-refractivity contribution in [2.24, 2.45) is 0 Å². The Labute approximate surface area is 86.2 Å². The highest BCUT2D eigenvalue weighted by molar-refractivity contribution is 4.84. The number of likely N-dealkylation sites (N-methyl/N-ethyl adjacent to an activating group) is 1. The number of likely N-dealkylation sites (tertiary alicyclic amines) is 1. The van der Waals surface area contributed by atoms with E-state index in [4.69, 9.17) is 4.74 Å². The molecule has 2 rings (SSSR count). The predicted molar refractivity (Wildman–Crippen MR) is 56.0 cm³/mol. The van der Waals surface area contributed by atoms with E-state index < -0.39 is 0 Å². The molecule has 2 aliphatic rings. The van der Waals surface area contributed by atoms with Crippen molar-refractivity contribution in [2.45, 2.75) is 25.4 Å². The molecule has 0 aliphatic carbocycles. The number of hydrogen-bond acceptors (Lipinski definition) is 4. The minimum Gasteiger partial charge on any atom is -0.379 e. The van der Waals surface area contributed by atoms with E-state index in [9.17, 15) is 0 Å². The molecule has 4 nitrogen and oxygen atoms in total. The van der Waals surface area contributed by atoms with Crippen LogP contribution >= 0.6 is 0 Å². The van der Waals surface area contributed by atoms with Crippen LogP contribution in [-0.2, 0) is 4.74 Å². The maximum Gasteiger partial charge on any atom is 0.0608 e. The molecule has 2 saturated heterocycles. The van der Waals surface area contributed by atoms with Crippen molar-refractivity contribution < 1.29 is 4.74 Å². The molecule has 0 bridgehead atoms. The molecule has 2 unspecified atom stereocenters. The molecule has 0 aromatic rings. The third-order valence-electron chi connectivity index (χ3n) is 3.26. The van der Waals surface area contributed by atoms with Crippen molar-refractivity contribution in [1.82, 2.24) is 15.3 Å². The van der Waals surface area contributed by atoms with Crippen molar-refractivity contribution in [2.75, 3.05) is 39.9 Å². The first-order valence-corrected chi connectivity index (χ1v) is 5.55. The molecule has 0 spiro atoms. The van der Waals surface area contributed by atoms with Gasteiger partial charge in [0.2, 0.25) is 0 Å². The fourth-order valence-electron chi connectivity index (χ4n) is 2.24. The van der Waals surface area contributed by atoms with E-state index in [1.165, 1.54) is 13.0 Å². The number of hydrogen-bond donors (Lipinski definition) is 1. The zero-order valence-electron chi connectivity index (χ0n) is 9.20. The monoisotopic (exact) mass is 199 g/mol. The average molecular weight is 199 g/mol. The molecule has 2 atom stereocenters. The van der Waals surface area contributed by atoms with Crippen molar-refractivity contribution in [1.29, 1.82) is 0 Å². The van der Waals surface area contributed by atoms with Crippen LogP contribution in [-0.4, -0.2) is 61.9 Å². The summed E-state index contributed by atoms with van der Waals surface area (Å²) in [5.74, 6) is 0. The van der Waals surface area contributed by atoms with Crippen molar-refractivity contribution >= 4 is 0 Å². The normalized spacial score (nSPS) is 36.4. The summed E-state index contributed by atoms with van der Waals surface area (Å²) in [5.41, 5.74) is 3.59. The van der Waals surface area contributed by atoms with Gasteiger partial charge in [0.15, 0.2) is 0 Å². The van der Waals surface area contributed by atoms with Crippen molar-refractivity contribution in [3.8, 4) is 0 Å². The first-order valence-electron chi connectivity index (χ1n) is 5.55. The second-order valence-corrected chi connectivity index (χ2v) is 4.45. The van der Waals surface area contributed by atoms with Crippen molar-refractivity contribution in [3.05, 3.63) is 0 Å². The van der Waals surface area contributed by atoms with E-state index in [0.717, 1.165) is 26.3 Å². The van der Waals surface area contributed by atoms with Gasteiger partial charge in [0.1, 0.15) is 0 Å². The van der Waals surface area contributed by atoms with Gasteiger partial charge < -0.3 is 9.64 Å². The highest BCUT2D eigenvalue weighted by Gasteiger charge is 2.27. The summed E-state index contributed by atoms with van der Waals surface area (Å²) in [5, 5.41) is 2.31. The molecule has 0 radical (unpaired) electrons. The van der Waals surface area contributed by atoms with Gasteiger partial charge in [0.25, 0.3) is 0 Å². The molecule has 2 heterocycles. The lowest BCUT2D eigenvalue weighted by Gasteiger charge is -2.30. The molecular formula is C10H21N3O. The SMILES string of the molecule is CC1CC(NN2CCOCC2)CN1C. The maximum absolute atomic E-state index is 5.31. The number of nitrogens with one attached hydrogen (secondary N) is 1. The van der Waals surface area contributed by atoms with Gasteiger partial charge in [-0.3, -0.25) is 5.43 Å². The van der Waals surface area contributed by atoms with E-state index >= 15 is 0 Å². The zero-order chi connectivity index (χ0) is 9.97. The van der Waals surface area contributed by atoms with E-state index in [0.29, 0.717) is 12.1 Å². The molecule has 1 N–H and O–H groups in total. The van der Waals surface area contributed by atoms with E-state index in [1.807, 2.05) is 0 Å². The van der Waals surface area contributed by atoms with Gasteiger partial charge in [0.05, 0.1) is 13.2 Å². The first-order chi connectivity index (χ1) is 6.75. The second kappa shape index (κ2) is 4.57. The molecule has 2 fully saturated rings. The minimum atomic E-state index is 0.632. The lowest BCUT2D eigenvalue weighted by atomic mass is 10.2. The van der Waals surface area contributed by atoms with Crippen LogP contribution in [0, 0.1) is 0 Å². The van der Waals surface area contributed by atoms with E-state index in [-0.39, 0.29) is 0 Å². The predicted octanol–water partition coefficient (Wildman–Crippen LogP) is -0.0842. The van der Waals surface area contributed by atoms with Crippen LogP contribution in [0.1, 0.15) is 13.3 Å². The van der Waals surface area contributed by atoms with Crippen LogP contribution < -0.4 is 5.43 Å². The summed E-state index contributed by atoms with van der Waals surface area (Å²) in [7, 11) is 2.20. The van der Waals surface area contributed by atoms with Gasteiger partial charge in [-0.2, -0.15) is 0 Å². The van der Waals surface area contributed by atoms with Gasteiger partial charge >= 0.3 is 0 Å². The summed E-state index contributed by atoms with van der Waals surface area (Å²) < 4.78 is 5.31. The maximum atomic E-state index is 5.31. The Balaban J connectivity index is 1.74. The Kier molecular flexibility index (Phi) is 3.38. The minimum absolute atomic E-state index is 0.632. The molecule has 0 saturated carbocycles. The molecule has 14 heavy (non-hydrogen) atoms. The fourth-order valence-corrected chi connectivity index (χ4v) is 2.24. The summed E-state index contributed by atoms with van der Waals surface area (Å²) in [6.45, 7) is 7.24. The fraction of sp³-hybridized carbons (Fsp3) is 1.00. The topological polar surface area (TPSA) is 27.7 Å². The second-order valence-electron chi connectivity index (χ2n) is 4.45.